The summed E-state index contributed by atoms with van der Waals surface area (Å²) < 4.78 is 16.6. The fourth-order valence-corrected chi connectivity index (χ4v) is 2.79. The Bertz CT molecular complexity index is 869. The van der Waals surface area contributed by atoms with Crippen molar-refractivity contribution in [2.75, 3.05) is 25.6 Å². The van der Waals surface area contributed by atoms with E-state index in [1.165, 1.54) is 25.3 Å². The number of anilines is 1. The molecule has 2 rings (SSSR count). The van der Waals surface area contributed by atoms with Crippen LogP contribution in [0.2, 0.25) is 0 Å². The SMILES string of the molecule is CCCCOc1ccc(CCC(=O)Nc2ccc([N+](=O)[O-])cc2OC)cc1OCC. The van der Waals surface area contributed by atoms with E-state index in [9.17, 15) is 14.9 Å². The van der Waals surface area contributed by atoms with Crippen molar-refractivity contribution in [2.45, 2.75) is 39.5 Å². The van der Waals surface area contributed by atoms with Gasteiger partial charge in [-0.1, -0.05) is 19.4 Å². The largest absolute Gasteiger partial charge is 0.494 e. The molecule has 0 heterocycles. The minimum atomic E-state index is -0.514. The summed E-state index contributed by atoms with van der Waals surface area (Å²) >= 11 is 0. The Balaban J connectivity index is 2.00. The maximum atomic E-state index is 12.4. The predicted molar refractivity (Wildman–Crippen MR) is 115 cm³/mol. The molecule has 2 aromatic carbocycles. The Hall–Kier alpha value is -3.29. The second-order valence-electron chi connectivity index (χ2n) is 6.61. The van der Waals surface area contributed by atoms with Gasteiger partial charge < -0.3 is 19.5 Å². The first-order valence-corrected chi connectivity index (χ1v) is 9.99. The topological polar surface area (TPSA) is 99.9 Å². The summed E-state index contributed by atoms with van der Waals surface area (Å²) in [6, 6.07) is 9.75. The second kappa shape index (κ2) is 11.6. The highest BCUT2D eigenvalue weighted by Crippen LogP contribution is 2.30. The lowest BCUT2D eigenvalue weighted by Crippen LogP contribution is -2.13. The average Bonchev–Trinajstić information content (AvgIpc) is 2.74. The molecule has 2 aromatic rings. The van der Waals surface area contributed by atoms with Crippen LogP contribution in [0.1, 0.15) is 38.7 Å². The minimum Gasteiger partial charge on any atom is -0.494 e. The molecule has 0 aromatic heterocycles. The van der Waals surface area contributed by atoms with Crippen LogP contribution < -0.4 is 19.5 Å². The quantitative estimate of drug-likeness (QED) is 0.304. The van der Waals surface area contributed by atoms with Crippen LogP contribution in [0.4, 0.5) is 11.4 Å². The van der Waals surface area contributed by atoms with Crippen LogP contribution in [0.5, 0.6) is 17.2 Å². The van der Waals surface area contributed by atoms with E-state index in [0.717, 1.165) is 18.4 Å². The van der Waals surface area contributed by atoms with Gasteiger partial charge in [0.25, 0.3) is 5.69 Å². The summed E-state index contributed by atoms with van der Waals surface area (Å²) in [6.45, 7) is 5.17. The number of ether oxygens (including phenoxy) is 3. The molecule has 1 amide bonds. The average molecular weight is 416 g/mol. The first-order valence-electron chi connectivity index (χ1n) is 9.99. The molecule has 0 unspecified atom stereocenters. The smallest absolute Gasteiger partial charge is 0.273 e. The van der Waals surface area contributed by atoms with Crippen molar-refractivity contribution in [2.24, 2.45) is 0 Å². The van der Waals surface area contributed by atoms with E-state index < -0.39 is 4.92 Å². The normalized spacial score (nSPS) is 10.4. The van der Waals surface area contributed by atoms with Crippen LogP contribution in [0.3, 0.4) is 0 Å². The molecule has 0 aliphatic heterocycles. The van der Waals surface area contributed by atoms with E-state index in [-0.39, 0.29) is 23.8 Å². The minimum absolute atomic E-state index is 0.102. The monoisotopic (exact) mass is 416 g/mol. The fourth-order valence-electron chi connectivity index (χ4n) is 2.79. The molecule has 0 spiro atoms. The van der Waals surface area contributed by atoms with Gasteiger partial charge in [0, 0.05) is 12.5 Å². The van der Waals surface area contributed by atoms with E-state index in [1.54, 1.807) is 0 Å². The van der Waals surface area contributed by atoms with Crippen molar-refractivity contribution in [3.8, 4) is 17.2 Å². The van der Waals surface area contributed by atoms with Gasteiger partial charge in [-0.2, -0.15) is 0 Å². The molecular formula is C22H28N2O6. The molecule has 0 aliphatic rings. The van der Waals surface area contributed by atoms with Crippen molar-refractivity contribution in [1.82, 2.24) is 0 Å². The summed E-state index contributed by atoms with van der Waals surface area (Å²) in [5, 5.41) is 13.6. The number of benzene rings is 2. The van der Waals surface area contributed by atoms with Gasteiger partial charge in [-0.3, -0.25) is 14.9 Å². The number of nitro benzene ring substituents is 1. The highest BCUT2D eigenvalue weighted by molar-refractivity contribution is 5.92. The number of nitrogens with one attached hydrogen (secondary N) is 1. The van der Waals surface area contributed by atoms with Gasteiger partial charge in [0.1, 0.15) is 5.75 Å². The van der Waals surface area contributed by atoms with Crippen LogP contribution in [-0.2, 0) is 11.2 Å². The Morgan fingerprint density at radius 2 is 1.87 bits per heavy atom. The molecule has 1 N–H and O–H groups in total. The van der Waals surface area contributed by atoms with Crippen LogP contribution >= 0.6 is 0 Å². The Morgan fingerprint density at radius 1 is 1.07 bits per heavy atom. The standard InChI is InChI=1S/C22H28N2O6/c1-4-6-13-30-19-11-7-16(14-21(19)29-5-2)8-12-22(25)23-18-10-9-17(24(26)27)15-20(18)28-3/h7,9-11,14-15H,4-6,8,12-13H2,1-3H3,(H,23,25). The number of amides is 1. The summed E-state index contributed by atoms with van der Waals surface area (Å²) in [4.78, 5) is 22.7. The number of hydrogen-bond acceptors (Lipinski definition) is 6. The molecule has 0 atom stereocenters. The molecular weight excluding hydrogens is 388 g/mol. The molecule has 8 heteroatoms. The molecule has 0 fully saturated rings. The molecule has 0 radical (unpaired) electrons. The molecule has 0 bridgehead atoms. The van der Waals surface area contributed by atoms with Gasteiger partial charge in [-0.05, 0) is 43.5 Å². The zero-order valence-corrected chi connectivity index (χ0v) is 17.6. The summed E-state index contributed by atoms with van der Waals surface area (Å²) in [6.07, 6.45) is 2.77. The predicted octanol–water partition coefficient (Wildman–Crippen LogP) is 4.75. The van der Waals surface area contributed by atoms with Gasteiger partial charge in [0.15, 0.2) is 11.5 Å². The van der Waals surface area contributed by atoms with Gasteiger partial charge in [-0.15, -0.1) is 0 Å². The maximum Gasteiger partial charge on any atom is 0.273 e. The van der Waals surface area contributed by atoms with Crippen molar-refractivity contribution in [3.63, 3.8) is 0 Å². The zero-order chi connectivity index (χ0) is 21.9. The first-order chi connectivity index (χ1) is 14.5. The number of carbonyl (C=O) groups excluding carboxylic acids is 1. The lowest BCUT2D eigenvalue weighted by atomic mass is 10.1. The Kier molecular flexibility index (Phi) is 8.93. The fraction of sp³-hybridized carbons (Fsp3) is 0.409. The highest BCUT2D eigenvalue weighted by Gasteiger charge is 2.14. The molecule has 0 saturated heterocycles. The third kappa shape index (κ3) is 6.65. The maximum absolute atomic E-state index is 12.4. The summed E-state index contributed by atoms with van der Waals surface area (Å²) in [7, 11) is 1.40. The number of nitro groups is 1. The van der Waals surface area contributed by atoms with Crippen molar-refractivity contribution < 1.29 is 23.9 Å². The van der Waals surface area contributed by atoms with Gasteiger partial charge in [0.05, 0.1) is 37.0 Å². The molecule has 162 valence electrons. The third-order valence-electron chi connectivity index (χ3n) is 4.37. The number of methoxy groups -OCH3 is 1. The lowest BCUT2D eigenvalue weighted by molar-refractivity contribution is -0.384. The van der Waals surface area contributed by atoms with E-state index in [4.69, 9.17) is 14.2 Å². The second-order valence-corrected chi connectivity index (χ2v) is 6.61. The molecule has 0 aliphatic carbocycles. The van der Waals surface area contributed by atoms with Gasteiger partial charge in [0.2, 0.25) is 5.91 Å². The van der Waals surface area contributed by atoms with Crippen LogP contribution in [0.25, 0.3) is 0 Å². The van der Waals surface area contributed by atoms with Gasteiger partial charge in [-0.25, -0.2) is 0 Å². The van der Waals surface area contributed by atoms with Crippen LogP contribution in [0, 0.1) is 10.1 Å². The first kappa shape index (κ1) is 23.0. The van der Waals surface area contributed by atoms with Crippen LogP contribution in [-0.4, -0.2) is 31.2 Å². The van der Waals surface area contributed by atoms with Crippen molar-refractivity contribution in [3.05, 3.63) is 52.1 Å². The van der Waals surface area contributed by atoms with Crippen molar-refractivity contribution in [1.29, 1.82) is 0 Å². The van der Waals surface area contributed by atoms with Gasteiger partial charge >= 0.3 is 0 Å². The number of unbranched alkanes of at least 4 members (excludes halogenated alkanes) is 1. The number of rotatable bonds is 12. The number of non-ortho nitro benzene ring substituents is 1. The Morgan fingerprint density at radius 3 is 2.53 bits per heavy atom. The Labute approximate surface area is 176 Å². The molecule has 30 heavy (non-hydrogen) atoms. The number of aryl methyl sites for hydroxylation is 1. The number of nitrogens with zero attached hydrogens (tertiary/aromatic N) is 1. The zero-order valence-electron chi connectivity index (χ0n) is 17.6. The lowest BCUT2D eigenvalue weighted by Gasteiger charge is -2.13. The summed E-state index contributed by atoms with van der Waals surface area (Å²) in [5.41, 5.74) is 1.24. The number of hydrogen-bond donors (Lipinski definition) is 1. The van der Waals surface area contributed by atoms with E-state index >= 15 is 0 Å². The highest BCUT2D eigenvalue weighted by atomic mass is 16.6. The van der Waals surface area contributed by atoms with E-state index in [1.807, 2.05) is 25.1 Å². The number of carbonyl (C=O) groups is 1. The van der Waals surface area contributed by atoms with Crippen LogP contribution in [0.15, 0.2) is 36.4 Å². The molecule has 0 saturated carbocycles. The summed E-state index contributed by atoms with van der Waals surface area (Å²) in [5.74, 6) is 1.39. The van der Waals surface area contributed by atoms with E-state index in [0.29, 0.717) is 36.8 Å². The van der Waals surface area contributed by atoms with E-state index in [2.05, 4.69) is 12.2 Å². The third-order valence-corrected chi connectivity index (χ3v) is 4.37. The van der Waals surface area contributed by atoms with Crippen molar-refractivity contribution >= 4 is 17.3 Å². The molecule has 8 nitrogen and oxygen atoms in total.